The maximum atomic E-state index is 12.7. The molecule has 4 aliphatic rings. The van der Waals surface area contributed by atoms with Gasteiger partial charge >= 0.3 is 0 Å². The van der Waals surface area contributed by atoms with E-state index in [0.717, 1.165) is 101 Å². The van der Waals surface area contributed by atoms with Crippen LogP contribution in [0.25, 0.3) is 0 Å². The Balaban J connectivity index is 1.08. The molecule has 184 valence electrons. The van der Waals surface area contributed by atoms with E-state index in [0.29, 0.717) is 0 Å². The minimum absolute atomic E-state index is 0.0511. The molecule has 0 saturated carbocycles. The van der Waals surface area contributed by atoms with Gasteiger partial charge in [-0.05, 0) is 68.0 Å². The number of hydrogen-bond donors (Lipinski definition) is 1. The van der Waals surface area contributed by atoms with E-state index in [2.05, 4.69) is 45.1 Å². The summed E-state index contributed by atoms with van der Waals surface area (Å²) in [5, 5.41) is 3.08. The standard InChI is InChI=1S/C27H34N6O2/c1-19-15-21(27(35)32-8-2-3-9-32)6-7-23(19)31-13-11-30(12-14-31)18-20-16-22-25(28-17-20)33-10-4-5-24(33)26(34)29-22/h6-7,15-17,24H,2-5,8-14,18H2,1H3,(H,29,34)/t24-/m0/s1. The number of pyridine rings is 1. The Labute approximate surface area is 206 Å². The number of aryl methyl sites for hydroxylation is 1. The van der Waals surface area contributed by atoms with Crippen molar-refractivity contribution in [3.63, 3.8) is 0 Å². The predicted octanol–water partition coefficient (Wildman–Crippen LogP) is 2.87. The number of nitrogens with one attached hydrogen (secondary N) is 1. The van der Waals surface area contributed by atoms with Gasteiger partial charge in [-0.1, -0.05) is 0 Å². The number of amides is 2. The molecule has 0 radical (unpaired) electrons. The molecule has 6 rings (SSSR count). The van der Waals surface area contributed by atoms with Crippen molar-refractivity contribution < 1.29 is 9.59 Å². The van der Waals surface area contributed by atoms with Gasteiger partial charge in [0.2, 0.25) is 5.91 Å². The average molecular weight is 475 g/mol. The van der Waals surface area contributed by atoms with Crippen molar-refractivity contribution in [1.82, 2.24) is 14.8 Å². The highest BCUT2D eigenvalue weighted by Crippen LogP contribution is 2.35. The van der Waals surface area contributed by atoms with Crippen molar-refractivity contribution in [2.75, 3.05) is 60.9 Å². The highest BCUT2D eigenvalue weighted by atomic mass is 16.2. The lowest BCUT2D eigenvalue weighted by atomic mass is 10.1. The van der Waals surface area contributed by atoms with E-state index in [1.54, 1.807) is 0 Å². The van der Waals surface area contributed by atoms with Gasteiger partial charge in [-0.25, -0.2) is 4.98 Å². The monoisotopic (exact) mass is 474 g/mol. The SMILES string of the molecule is Cc1cc(C(=O)N2CCCC2)ccc1N1CCN(Cc2cnc3c(c2)NC(=O)[C@@H]2CCCN32)CC1. The summed E-state index contributed by atoms with van der Waals surface area (Å²) in [6.07, 6.45) is 6.15. The molecule has 1 atom stereocenters. The summed E-state index contributed by atoms with van der Waals surface area (Å²) in [7, 11) is 0. The Hall–Kier alpha value is -3.13. The number of carbonyl (C=O) groups excluding carboxylic acids is 2. The second kappa shape index (κ2) is 9.15. The molecule has 0 unspecified atom stereocenters. The smallest absolute Gasteiger partial charge is 0.253 e. The minimum Gasteiger partial charge on any atom is -0.369 e. The van der Waals surface area contributed by atoms with Gasteiger partial charge < -0.3 is 20.0 Å². The van der Waals surface area contributed by atoms with Gasteiger partial charge in [0.15, 0.2) is 5.82 Å². The Morgan fingerprint density at radius 3 is 2.60 bits per heavy atom. The first kappa shape index (κ1) is 22.3. The number of likely N-dealkylation sites (tertiary alicyclic amines) is 1. The lowest BCUT2D eigenvalue weighted by molar-refractivity contribution is -0.117. The van der Waals surface area contributed by atoms with Crippen LogP contribution < -0.4 is 15.1 Å². The molecule has 8 nitrogen and oxygen atoms in total. The second-order valence-corrected chi connectivity index (χ2v) is 10.3. The fraction of sp³-hybridized carbons (Fsp3) is 0.519. The number of anilines is 3. The Morgan fingerprint density at radius 2 is 1.83 bits per heavy atom. The number of fused-ring (bicyclic) bond motifs is 3. The fourth-order valence-electron chi connectivity index (χ4n) is 6.07. The molecular formula is C27H34N6O2. The van der Waals surface area contributed by atoms with Crippen LogP contribution in [0.5, 0.6) is 0 Å². The van der Waals surface area contributed by atoms with Crippen LogP contribution in [0.1, 0.15) is 47.2 Å². The van der Waals surface area contributed by atoms with Crippen molar-refractivity contribution >= 4 is 29.0 Å². The van der Waals surface area contributed by atoms with Crippen LogP contribution in [-0.2, 0) is 11.3 Å². The number of aromatic nitrogens is 1. The lowest BCUT2D eigenvalue weighted by Gasteiger charge is -2.37. The third-order valence-electron chi connectivity index (χ3n) is 7.96. The van der Waals surface area contributed by atoms with E-state index in [-0.39, 0.29) is 17.9 Å². The predicted molar refractivity (Wildman–Crippen MR) is 137 cm³/mol. The van der Waals surface area contributed by atoms with Gasteiger partial charge in [-0.3, -0.25) is 14.5 Å². The van der Waals surface area contributed by atoms with E-state index in [1.807, 2.05) is 17.2 Å². The Morgan fingerprint density at radius 1 is 1.03 bits per heavy atom. The van der Waals surface area contributed by atoms with Crippen LogP contribution in [0.2, 0.25) is 0 Å². The van der Waals surface area contributed by atoms with E-state index in [4.69, 9.17) is 4.98 Å². The molecule has 2 amide bonds. The molecule has 0 aliphatic carbocycles. The van der Waals surface area contributed by atoms with Gasteiger partial charge in [0.05, 0.1) is 5.69 Å². The zero-order valence-corrected chi connectivity index (χ0v) is 20.5. The molecule has 4 aliphatic heterocycles. The third kappa shape index (κ3) is 4.24. The number of hydrogen-bond acceptors (Lipinski definition) is 6. The molecule has 0 spiro atoms. The fourth-order valence-corrected chi connectivity index (χ4v) is 6.07. The van der Waals surface area contributed by atoms with Crippen LogP contribution in [0.15, 0.2) is 30.5 Å². The van der Waals surface area contributed by atoms with Crippen molar-refractivity contribution in [3.05, 3.63) is 47.2 Å². The third-order valence-corrected chi connectivity index (χ3v) is 7.96. The Kier molecular flexibility index (Phi) is 5.84. The molecule has 35 heavy (non-hydrogen) atoms. The summed E-state index contributed by atoms with van der Waals surface area (Å²) in [6.45, 7) is 9.44. The van der Waals surface area contributed by atoms with Crippen molar-refractivity contribution in [2.45, 2.75) is 45.2 Å². The summed E-state index contributed by atoms with van der Waals surface area (Å²) in [5.74, 6) is 1.19. The number of benzene rings is 1. The molecular weight excluding hydrogens is 440 g/mol. The number of carbonyl (C=O) groups is 2. The molecule has 1 aromatic heterocycles. The van der Waals surface area contributed by atoms with Crippen LogP contribution in [0.4, 0.5) is 17.2 Å². The average Bonchev–Trinajstić information content (AvgIpc) is 3.57. The molecule has 1 N–H and O–H groups in total. The summed E-state index contributed by atoms with van der Waals surface area (Å²) in [6, 6.07) is 8.22. The number of piperazine rings is 1. The first-order valence-electron chi connectivity index (χ1n) is 13.0. The Bertz CT molecular complexity index is 1140. The van der Waals surface area contributed by atoms with Crippen molar-refractivity contribution in [3.8, 4) is 0 Å². The quantitative estimate of drug-likeness (QED) is 0.735. The summed E-state index contributed by atoms with van der Waals surface area (Å²) in [5.41, 5.74) is 5.18. The first-order valence-corrected chi connectivity index (χ1v) is 13.0. The van der Waals surface area contributed by atoms with Crippen LogP contribution in [0, 0.1) is 6.92 Å². The highest BCUT2D eigenvalue weighted by molar-refractivity contribution is 6.03. The van der Waals surface area contributed by atoms with E-state index in [1.165, 1.54) is 11.3 Å². The van der Waals surface area contributed by atoms with Gasteiger partial charge in [0, 0.05) is 69.8 Å². The van der Waals surface area contributed by atoms with Crippen LogP contribution in [0.3, 0.4) is 0 Å². The normalized spacial score (nSPS) is 22.3. The van der Waals surface area contributed by atoms with Gasteiger partial charge in [-0.2, -0.15) is 0 Å². The zero-order valence-electron chi connectivity index (χ0n) is 20.5. The minimum atomic E-state index is -0.0511. The summed E-state index contributed by atoms with van der Waals surface area (Å²) in [4.78, 5) is 38.9. The first-order chi connectivity index (χ1) is 17.1. The maximum Gasteiger partial charge on any atom is 0.253 e. The molecule has 8 heteroatoms. The van der Waals surface area contributed by atoms with Crippen molar-refractivity contribution in [2.24, 2.45) is 0 Å². The molecule has 2 aromatic rings. The van der Waals surface area contributed by atoms with Crippen LogP contribution in [-0.4, -0.2) is 78.5 Å². The molecule has 3 fully saturated rings. The van der Waals surface area contributed by atoms with E-state index < -0.39 is 0 Å². The van der Waals surface area contributed by atoms with E-state index >= 15 is 0 Å². The highest BCUT2D eigenvalue weighted by Gasteiger charge is 2.37. The number of nitrogens with zero attached hydrogens (tertiary/aromatic N) is 5. The van der Waals surface area contributed by atoms with Crippen molar-refractivity contribution in [1.29, 1.82) is 0 Å². The van der Waals surface area contributed by atoms with E-state index in [9.17, 15) is 9.59 Å². The molecule has 0 bridgehead atoms. The maximum absolute atomic E-state index is 12.7. The molecule has 3 saturated heterocycles. The zero-order chi connectivity index (χ0) is 23.9. The van der Waals surface area contributed by atoms with Gasteiger partial charge in [0.25, 0.3) is 5.91 Å². The number of rotatable bonds is 4. The largest absolute Gasteiger partial charge is 0.369 e. The second-order valence-electron chi connectivity index (χ2n) is 10.3. The van der Waals surface area contributed by atoms with Gasteiger partial charge in [-0.15, -0.1) is 0 Å². The van der Waals surface area contributed by atoms with Crippen LogP contribution >= 0.6 is 0 Å². The molecule has 1 aromatic carbocycles. The van der Waals surface area contributed by atoms with Gasteiger partial charge in [0.1, 0.15) is 6.04 Å². The summed E-state index contributed by atoms with van der Waals surface area (Å²) >= 11 is 0. The lowest BCUT2D eigenvalue weighted by Crippen LogP contribution is -2.46. The topological polar surface area (TPSA) is 72.0 Å². The molecule has 5 heterocycles. The summed E-state index contributed by atoms with van der Waals surface area (Å²) < 4.78 is 0.